The summed E-state index contributed by atoms with van der Waals surface area (Å²) in [4.78, 5) is 13.7. The minimum absolute atomic E-state index is 0.0220. The molecule has 3 heterocycles. The third kappa shape index (κ3) is 3.01. The van der Waals surface area contributed by atoms with E-state index in [0.29, 0.717) is 37.4 Å². The van der Waals surface area contributed by atoms with Gasteiger partial charge in [-0.1, -0.05) is 23.2 Å². The van der Waals surface area contributed by atoms with Crippen LogP contribution in [0.3, 0.4) is 0 Å². The van der Waals surface area contributed by atoms with E-state index in [9.17, 15) is 9.90 Å². The number of rotatable bonds is 1. The predicted octanol–water partition coefficient (Wildman–Crippen LogP) is 4.24. The maximum absolute atomic E-state index is 11.8. The molecule has 0 saturated carbocycles. The molecular formula is C23H24ClN3O3. The minimum atomic E-state index is -0.612. The average molecular weight is 426 g/mol. The highest BCUT2D eigenvalue weighted by Gasteiger charge is 2.52. The first-order valence-corrected chi connectivity index (χ1v) is 10.6. The zero-order valence-corrected chi connectivity index (χ0v) is 17.8. The number of carbonyl (C=O) groups is 1. The van der Waals surface area contributed by atoms with Crippen molar-refractivity contribution in [2.75, 3.05) is 13.1 Å². The van der Waals surface area contributed by atoms with E-state index in [1.165, 1.54) is 0 Å². The Hall–Kier alpha value is -2.73. The molecule has 3 aliphatic rings. The number of nitrogens with zero attached hydrogens (tertiary/aromatic N) is 3. The maximum Gasteiger partial charge on any atom is 0.219 e. The van der Waals surface area contributed by atoms with Gasteiger partial charge in [0.2, 0.25) is 11.6 Å². The van der Waals surface area contributed by atoms with Crippen LogP contribution in [0.2, 0.25) is 5.02 Å². The number of hydrazone groups is 1. The number of halogens is 1. The number of carbonyl (C=O) groups excluding carboxylic acids is 1. The van der Waals surface area contributed by atoms with E-state index in [2.05, 4.69) is 5.01 Å². The van der Waals surface area contributed by atoms with Crippen LogP contribution in [0.15, 0.2) is 41.5 Å². The van der Waals surface area contributed by atoms with Crippen molar-refractivity contribution in [3.8, 4) is 11.5 Å². The van der Waals surface area contributed by atoms with Gasteiger partial charge in [0.05, 0.1) is 11.8 Å². The Morgan fingerprint density at radius 2 is 2.00 bits per heavy atom. The SMILES string of the molecule is CC(=O)N1CCC2(CC1)Oc1ccc(Cl)cc1[C@@H]1CC(c3cc(C)ccc3O)=NN12. The summed E-state index contributed by atoms with van der Waals surface area (Å²) < 4.78 is 6.56. The number of benzene rings is 2. The zero-order valence-electron chi connectivity index (χ0n) is 17.1. The van der Waals surface area contributed by atoms with Gasteiger partial charge in [0.1, 0.15) is 11.5 Å². The standard InChI is InChI=1S/C23H24ClN3O3/c1-14-3-5-21(29)17(11-14)19-13-20-18-12-16(24)4-6-22(18)30-23(27(20)25-19)7-9-26(10-8-23)15(2)28/h3-6,11-12,20,29H,7-10,13H2,1-2H3/t20-/m0/s1. The van der Waals surface area contributed by atoms with Crippen molar-refractivity contribution in [3.05, 3.63) is 58.1 Å². The Kier molecular flexibility index (Phi) is 4.43. The summed E-state index contributed by atoms with van der Waals surface area (Å²) in [5.74, 6) is 1.13. The molecule has 5 rings (SSSR count). The molecule has 0 aromatic heterocycles. The zero-order chi connectivity index (χ0) is 21.0. The van der Waals surface area contributed by atoms with Crippen LogP contribution in [0, 0.1) is 6.92 Å². The number of aryl methyl sites for hydroxylation is 1. The minimum Gasteiger partial charge on any atom is -0.507 e. The van der Waals surface area contributed by atoms with E-state index >= 15 is 0 Å². The van der Waals surface area contributed by atoms with Crippen molar-refractivity contribution >= 4 is 23.2 Å². The number of aromatic hydroxyl groups is 1. The second-order valence-electron chi connectivity index (χ2n) is 8.37. The lowest BCUT2D eigenvalue weighted by Gasteiger charge is -2.51. The normalized spacial score (nSPS) is 21.7. The van der Waals surface area contributed by atoms with Gasteiger partial charge in [0.15, 0.2) is 0 Å². The molecule has 6 nitrogen and oxygen atoms in total. The summed E-state index contributed by atoms with van der Waals surface area (Å²) in [6.45, 7) is 4.86. The quantitative estimate of drug-likeness (QED) is 0.742. The number of ether oxygens (including phenoxy) is 1. The third-order valence-corrected chi connectivity index (χ3v) is 6.65. The first-order chi connectivity index (χ1) is 14.4. The molecule has 1 atom stereocenters. The first-order valence-electron chi connectivity index (χ1n) is 10.3. The Bertz CT molecular complexity index is 1060. The van der Waals surface area contributed by atoms with Gasteiger partial charge in [0, 0.05) is 55.4 Å². The van der Waals surface area contributed by atoms with Crippen molar-refractivity contribution < 1.29 is 14.6 Å². The molecule has 1 spiro atoms. The van der Waals surface area contributed by atoms with Crippen molar-refractivity contribution in [2.45, 2.75) is 44.9 Å². The number of fused-ring (bicyclic) bond motifs is 4. The molecule has 1 amide bonds. The van der Waals surface area contributed by atoms with Gasteiger partial charge in [-0.3, -0.25) is 4.79 Å². The monoisotopic (exact) mass is 425 g/mol. The van der Waals surface area contributed by atoms with E-state index < -0.39 is 5.72 Å². The Morgan fingerprint density at radius 1 is 1.23 bits per heavy atom. The molecule has 0 bridgehead atoms. The van der Waals surface area contributed by atoms with Crippen molar-refractivity contribution in [3.63, 3.8) is 0 Å². The number of phenols is 1. The fraction of sp³-hybridized carbons (Fsp3) is 0.391. The lowest BCUT2D eigenvalue weighted by Crippen LogP contribution is -2.59. The van der Waals surface area contributed by atoms with E-state index in [0.717, 1.165) is 28.2 Å². The number of phenolic OH excluding ortho intramolecular Hbond substituents is 1. The highest BCUT2D eigenvalue weighted by Crippen LogP contribution is 2.50. The summed E-state index contributed by atoms with van der Waals surface area (Å²) in [7, 11) is 0. The number of likely N-dealkylation sites (tertiary alicyclic amines) is 1. The maximum atomic E-state index is 11.8. The van der Waals surface area contributed by atoms with Crippen LogP contribution < -0.4 is 4.74 Å². The van der Waals surface area contributed by atoms with Gasteiger partial charge in [-0.05, 0) is 37.3 Å². The second kappa shape index (κ2) is 6.91. The highest BCUT2D eigenvalue weighted by atomic mass is 35.5. The van der Waals surface area contributed by atoms with Crippen molar-refractivity contribution in [1.82, 2.24) is 9.91 Å². The summed E-state index contributed by atoms with van der Waals surface area (Å²) in [5.41, 5.74) is 3.06. The van der Waals surface area contributed by atoms with Crippen LogP contribution in [0.25, 0.3) is 0 Å². The van der Waals surface area contributed by atoms with Gasteiger partial charge in [0.25, 0.3) is 0 Å². The molecule has 7 heteroatoms. The molecule has 3 aliphatic heterocycles. The molecule has 0 unspecified atom stereocenters. The predicted molar refractivity (Wildman–Crippen MR) is 115 cm³/mol. The van der Waals surface area contributed by atoms with Crippen LogP contribution in [-0.2, 0) is 4.79 Å². The van der Waals surface area contributed by atoms with Gasteiger partial charge >= 0.3 is 0 Å². The van der Waals surface area contributed by atoms with Gasteiger partial charge < -0.3 is 14.7 Å². The smallest absolute Gasteiger partial charge is 0.219 e. The van der Waals surface area contributed by atoms with E-state index in [1.54, 1.807) is 13.0 Å². The van der Waals surface area contributed by atoms with Crippen LogP contribution >= 0.6 is 11.6 Å². The molecule has 0 radical (unpaired) electrons. The lowest BCUT2D eigenvalue weighted by molar-refractivity contribution is -0.158. The van der Waals surface area contributed by atoms with Gasteiger partial charge in [-0.25, -0.2) is 5.01 Å². The first kappa shape index (κ1) is 19.2. The number of piperidine rings is 1. The molecule has 156 valence electrons. The molecule has 2 aromatic carbocycles. The van der Waals surface area contributed by atoms with Gasteiger partial charge in [-0.15, -0.1) is 0 Å². The molecular weight excluding hydrogens is 402 g/mol. The number of hydrogen-bond acceptors (Lipinski definition) is 5. The topological polar surface area (TPSA) is 65.4 Å². The Balaban J connectivity index is 1.58. The molecule has 0 aliphatic carbocycles. The molecule has 30 heavy (non-hydrogen) atoms. The van der Waals surface area contributed by atoms with E-state index in [-0.39, 0.29) is 17.7 Å². The summed E-state index contributed by atoms with van der Waals surface area (Å²) in [5, 5.41) is 18.2. The van der Waals surface area contributed by atoms with Crippen molar-refractivity contribution in [2.24, 2.45) is 5.10 Å². The summed E-state index contributed by atoms with van der Waals surface area (Å²) in [6, 6.07) is 11.3. The summed E-state index contributed by atoms with van der Waals surface area (Å²) >= 11 is 6.30. The fourth-order valence-electron chi connectivity index (χ4n) is 4.80. The third-order valence-electron chi connectivity index (χ3n) is 6.41. The number of hydrogen-bond donors (Lipinski definition) is 1. The van der Waals surface area contributed by atoms with E-state index in [1.807, 2.05) is 42.2 Å². The molecule has 2 aromatic rings. The van der Waals surface area contributed by atoms with E-state index in [4.69, 9.17) is 21.4 Å². The number of amides is 1. The van der Waals surface area contributed by atoms with Crippen LogP contribution in [-0.4, -0.2) is 45.4 Å². The average Bonchev–Trinajstić information content (AvgIpc) is 3.17. The largest absolute Gasteiger partial charge is 0.507 e. The Labute approximate surface area is 180 Å². The van der Waals surface area contributed by atoms with Crippen LogP contribution in [0.4, 0.5) is 0 Å². The summed E-state index contributed by atoms with van der Waals surface area (Å²) in [6.07, 6.45) is 2.00. The molecule has 1 fully saturated rings. The van der Waals surface area contributed by atoms with Crippen LogP contribution in [0.1, 0.15) is 48.9 Å². The second-order valence-corrected chi connectivity index (χ2v) is 8.80. The van der Waals surface area contributed by atoms with Crippen molar-refractivity contribution in [1.29, 1.82) is 0 Å². The highest BCUT2D eigenvalue weighted by molar-refractivity contribution is 6.30. The lowest BCUT2D eigenvalue weighted by atomic mass is 9.90. The van der Waals surface area contributed by atoms with Gasteiger partial charge in [-0.2, -0.15) is 5.10 Å². The molecule has 1 N–H and O–H groups in total. The fourth-order valence-corrected chi connectivity index (χ4v) is 4.98. The molecule has 1 saturated heterocycles. The Morgan fingerprint density at radius 3 is 2.73 bits per heavy atom. The van der Waals surface area contributed by atoms with Crippen LogP contribution in [0.5, 0.6) is 11.5 Å².